The highest BCUT2D eigenvalue weighted by Crippen LogP contribution is 2.33. The predicted octanol–water partition coefficient (Wildman–Crippen LogP) is -0.0401. The van der Waals surface area contributed by atoms with Gasteiger partial charge in [-0.15, -0.1) is 5.10 Å². The first kappa shape index (κ1) is 18.6. The summed E-state index contributed by atoms with van der Waals surface area (Å²) in [5, 5.41) is 9.87. The van der Waals surface area contributed by atoms with Crippen molar-refractivity contribution in [3.8, 4) is 11.5 Å². The molecule has 0 atom stereocenters. The van der Waals surface area contributed by atoms with Crippen LogP contribution in [0.1, 0.15) is 15.9 Å². The van der Waals surface area contributed by atoms with E-state index in [1.165, 1.54) is 24.4 Å². The first-order valence-electron chi connectivity index (χ1n) is 7.65. The summed E-state index contributed by atoms with van der Waals surface area (Å²) in [5.74, 6) is -0.491. The van der Waals surface area contributed by atoms with Crippen LogP contribution in [0.4, 0.5) is 0 Å². The summed E-state index contributed by atoms with van der Waals surface area (Å²) in [4.78, 5) is 49.2. The molecule has 2 aromatic heterocycles. The summed E-state index contributed by atoms with van der Waals surface area (Å²) in [5.41, 5.74) is -0.0125. The highest BCUT2D eigenvalue weighted by atomic mass is 31.2. The third-order valence-corrected chi connectivity index (χ3v) is 4.51. The van der Waals surface area contributed by atoms with E-state index < -0.39 is 19.1 Å². The molecule has 0 unspecified atom stereocenters. The summed E-state index contributed by atoms with van der Waals surface area (Å²) < 4.78 is 11.3. The van der Waals surface area contributed by atoms with Crippen LogP contribution in [0.3, 0.4) is 0 Å². The van der Waals surface area contributed by atoms with Crippen molar-refractivity contribution in [1.82, 2.24) is 25.5 Å². The van der Waals surface area contributed by atoms with E-state index in [4.69, 9.17) is 0 Å². The number of rotatable bonds is 5. The summed E-state index contributed by atoms with van der Waals surface area (Å²) in [6.45, 7) is -0.0158. The lowest BCUT2D eigenvalue weighted by atomic mass is 10.2. The van der Waals surface area contributed by atoms with E-state index in [9.17, 15) is 23.9 Å². The van der Waals surface area contributed by atoms with Crippen molar-refractivity contribution >= 4 is 18.8 Å². The van der Waals surface area contributed by atoms with E-state index in [0.29, 0.717) is 11.3 Å². The minimum absolute atomic E-state index is 0.0158. The topological polar surface area (TPSA) is 158 Å². The molecule has 0 aliphatic carbocycles. The van der Waals surface area contributed by atoms with Gasteiger partial charge >= 0.3 is 7.60 Å². The Balaban J connectivity index is 1.74. The number of carbonyl (C=O) groups is 1. The summed E-state index contributed by atoms with van der Waals surface area (Å²) >= 11 is 0. The van der Waals surface area contributed by atoms with E-state index in [1.54, 1.807) is 18.2 Å². The zero-order chi connectivity index (χ0) is 19.4. The van der Waals surface area contributed by atoms with E-state index in [-0.39, 0.29) is 23.2 Å². The number of hydrogen-bond donors (Lipinski definition) is 4. The smallest absolute Gasteiger partial charge is 0.348 e. The van der Waals surface area contributed by atoms with Gasteiger partial charge in [0, 0.05) is 18.9 Å². The van der Waals surface area contributed by atoms with Crippen molar-refractivity contribution in [3.05, 3.63) is 70.3 Å². The van der Waals surface area contributed by atoms with Gasteiger partial charge in [-0.25, -0.2) is 4.98 Å². The SMILES string of the molecule is O=C(NCc1cccc(P(=O)(O)O)c1)c1cnc(-c2cccnn2)[nH]c1=O. The minimum Gasteiger partial charge on any atom is -0.348 e. The molecule has 3 rings (SSSR count). The molecule has 27 heavy (non-hydrogen) atoms. The van der Waals surface area contributed by atoms with Gasteiger partial charge in [0.2, 0.25) is 0 Å². The number of aromatic amines is 1. The Bertz CT molecular complexity index is 1080. The number of amides is 1. The minimum atomic E-state index is -4.38. The van der Waals surface area contributed by atoms with Gasteiger partial charge in [0.1, 0.15) is 11.3 Å². The molecule has 0 aliphatic rings. The Labute approximate surface area is 152 Å². The average Bonchev–Trinajstić information content (AvgIpc) is 2.66. The zero-order valence-corrected chi connectivity index (χ0v) is 14.6. The monoisotopic (exact) mass is 387 g/mol. The highest BCUT2D eigenvalue weighted by Gasteiger charge is 2.17. The highest BCUT2D eigenvalue weighted by molar-refractivity contribution is 7.60. The zero-order valence-electron chi connectivity index (χ0n) is 13.7. The molecule has 4 N–H and O–H groups in total. The van der Waals surface area contributed by atoms with Crippen molar-refractivity contribution in [3.63, 3.8) is 0 Å². The molecule has 0 saturated carbocycles. The number of aromatic nitrogens is 4. The number of H-pyrrole nitrogens is 1. The molecule has 138 valence electrons. The third-order valence-electron chi connectivity index (χ3n) is 3.56. The largest absolute Gasteiger partial charge is 0.356 e. The van der Waals surface area contributed by atoms with Crippen molar-refractivity contribution < 1.29 is 19.1 Å². The van der Waals surface area contributed by atoms with Crippen LogP contribution < -0.4 is 16.2 Å². The lowest BCUT2D eigenvalue weighted by Gasteiger charge is -2.08. The Morgan fingerprint density at radius 1 is 1.22 bits per heavy atom. The molecule has 3 aromatic rings. The van der Waals surface area contributed by atoms with Crippen molar-refractivity contribution in [2.45, 2.75) is 6.54 Å². The van der Waals surface area contributed by atoms with Gasteiger partial charge in [0.25, 0.3) is 11.5 Å². The average molecular weight is 387 g/mol. The molecule has 1 amide bonds. The van der Waals surface area contributed by atoms with Crippen LogP contribution in [0, 0.1) is 0 Å². The summed E-state index contributed by atoms with van der Waals surface area (Å²) in [6, 6.07) is 8.90. The predicted molar refractivity (Wildman–Crippen MR) is 95.2 cm³/mol. The number of carbonyl (C=O) groups excluding carboxylic acids is 1. The van der Waals surface area contributed by atoms with Gasteiger partial charge < -0.3 is 20.1 Å². The van der Waals surface area contributed by atoms with Crippen LogP contribution in [-0.2, 0) is 11.1 Å². The standard InChI is InChI=1S/C16H14N5O5P/c22-15(18-8-10-3-1-4-11(7-10)27(24,25)26)12-9-17-14(20-16(12)23)13-5-2-6-19-21-13/h1-7,9H,8H2,(H,18,22)(H,17,20,23)(H2,24,25,26). The van der Waals surface area contributed by atoms with Gasteiger partial charge in [0.15, 0.2) is 5.82 Å². The summed E-state index contributed by atoms with van der Waals surface area (Å²) in [7, 11) is -4.38. The molecule has 0 radical (unpaired) electrons. The Kier molecular flexibility index (Phi) is 5.22. The van der Waals surface area contributed by atoms with Crippen LogP contribution in [0.25, 0.3) is 11.5 Å². The lowest BCUT2D eigenvalue weighted by Crippen LogP contribution is -2.30. The van der Waals surface area contributed by atoms with Crippen LogP contribution in [0.5, 0.6) is 0 Å². The van der Waals surface area contributed by atoms with Gasteiger partial charge in [-0.1, -0.05) is 12.1 Å². The van der Waals surface area contributed by atoms with Gasteiger partial charge in [-0.05, 0) is 29.8 Å². The van der Waals surface area contributed by atoms with Gasteiger partial charge in [-0.2, -0.15) is 5.10 Å². The maximum Gasteiger partial charge on any atom is 0.356 e. The molecule has 10 nitrogen and oxygen atoms in total. The normalized spacial score (nSPS) is 11.2. The Hall–Kier alpha value is -3.20. The number of benzene rings is 1. The number of nitrogens with one attached hydrogen (secondary N) is 2. The fourth-order valence-corrected chi connectivity index (χ4v) is 2.85. The second-order valence-corrected chi connectivity index (χ2v) is 7.08. The Morgan fingerprint density at radius 2 is 2.04 bits per heavy atom. The molecular formula is C16H14N5O5P. The van der Waals surface area contributed by atoms with Crippen molar-refractivity contribution in [2.24, 2.45) is 0 Å². The van der Waals surface area contributed by atoms with Crippen molar-refractivity contribution in [2.75, 3.05) is 0 Å². The molecule has 2 heterocycles. The van der Waals surface area contributed by atoms with E-state index in [0.717, 1.165) is 6.20 Å². The molecule has 0 spiro atoms. The second kappa shape index (κ2) is 7.58. The van der Waals surface area contributed by atoms with Crippen LogP contribution in [-0.4, -0.2) is 35.9 Å². The maximum absolute atomic E-state index is 12.2. The first-order chi connectivity index (χ1) is 12.8. The molecule has 11 heteroatoms. The van der Waals surface area contributed by atoms with Crippen LogP contribution >= 0.6 is 7.60 Å². The van der Waals surface area contributed by atoms with Gasteiger partial charge in [-0.3, -0.25) is 14.2 Å². The Morgan fingerprint density at radius 3 is 2.70 bits per heavy atom. The fraction of sp³-hybridized carbons (Fsp3) is 0.0625. The summed E-state index contributed by atoms with van der Waals surface area (Å²) in [6.07, 6.45) is 2.61. The number of nitrogens with zero attached hydrogens (tertiary/aromatic N) is 3. The molecule has 0 saturated heterocycles. The number of hydrogen-bond acceptors (Lipinski definition) is 6. The van der Waals surface area contributed by atoms with Gasteiger partial charge in [0.05, 0.1) is 5.30 Å². The third kappa shape index (κ3) is 4.50. The van der Waals surface area contributed by atoms with Crippen LogP contribution in [0.2, 0.25) is 0 Å². The molecular weight excluding hydrogens is 373 g/mol. The lowest BCUT2D eigenvalue weighted by molar-refractivity contribution is 0.0949. The quantitative estimate of drug-likeness (QED) is 0.444. The van der Waals surface area contributed by atoms with E-state index in [1.807, 2.05) is 0 Å². The first-order valence-corrected chi connectivity index (χ1v) is 9.26. The fourth-order valence-electron chi connectivity index (χ4n) is 2.24. The van der Waals surface area contributed by atoms with E-state index in [2.05, 4.69) is 25.5 Å². The maximum atomic E-state index is 12.2. The van der Waals surface area contributed by atoms with Crippen LogP contribution in [0.15, 0.2) is 53.6 Å². The van der Waals surface area contributed by atoms with E-state index >= 15 is 0 Å². The molecule has 0 aliphatic heterocycles. The molecule has 0 bridgehead atoms. The second-order valence-electron chi connectivity index (χ2n) is 5.48. The molecule has 0 fully saturated rings. The molecule has 1 aromatic carbocycles. The van der Waals surface area contributed by atoms with Crippen molar-refractivity contribution in [1.29, 1.82) is 0 Å².